The second kappa shape index (κ2) is 5.75. The molecule has 1 rings (SSSR count). The van der Waals surface area contributed by atoms with E-state index in [0.717, 1.165) is 0 Å². The Bertz CT molecular complexity index is 514. The lowest BCUT2D eigenvalue weighted by molar-refractivity contribution is -0.142. The normalized spacial score (nSPS) is 14.3. The van der Waals surface area contributed by atoms with Gasteiger partial charge in [0.1, 0.15) is 0 Å². The molecule has 1 heterocycles. The lowest BCUT2D eigenvalue weighted by atomic mass is 9.85. The van der Waals surface area contributed by atoms with E-state index in [2.05, 4.69) is 9.71 Å². The Kier molecular flexibility index (Phi) is 4.75. The average molecular weight is 288 g/mol. The van der Waals surface area contributed by atoms with Gasteiger partial charge < -0.3 is 10.1 Å². The summed E-state index contributed by atoms with van der Waals surface area (Å²) in [6.07, 6.45) is 3.25. The van der Waals surface area contributed by atoms with Gasteiger partial charge in [0.2, 0.25) is 10.0 Å². The van der Waals surface area contributed by atoms with Crippen LogP contribution in [0.2, 0.25) is 0 Å². The number of rotatable bonds is 6. The molecule has 0 bridgehead atoms. The molecule has 108 valence electrons. The molecule has 0 amide bonds. The fourth-order valence-electron chi connectivity index (χ4n) is 1.76. The number of H-pyrrole nitrogens is 1. The smallest absolute Gasteiger partial charge is 0.307 e. The summed E-state index contributed by atoms with van der Waals surface area (Å²) in [6.45, 7) is 5.65. The lowest BCUT2D eigenvalue weighted by Gasteiger charge is -2.23. The monoisotopic (exact) mass is 288 g/mol. The van der Waals surface area contributed by atoms with Crippen LogP contribution in [0, 0.1) is 11.3 Å². The summed E-state index contributed by atoms with van der Waals surface area (Å²) in [7, 11) is -3.65. The zero-order chi connectivity index (χ0) is 14.7. The van der Waals surface area contributed by atoms with E-state index in [1.54, 1.807) is 0 Å². The first-order valence-electron chi connectivity index (χ1n) is 5.97. The van der Waals surface area contributed by atoms with Crippen molar-refractivity contribution in [1.82, 2.24) is 9.71 Å². The van der Waals surface area contributed by atoms with Crippen molar-refractivity contribution in [3.63, 3.8) is 0 Å². The maximum Gasteiger partial charge on any atom is 0.307 e. The van der Waals surface area contributed by atoms with E-state index < -0.39 is 21.9 Å². The van der Waals surface area contributed by atoms with Crippen LogP contribution in [0.25, 0.3) is 0 Å². The van der Waals surface area contributed by atoms with Gasteiger partial charge in [-0.2, -0.15) is 0 Å². The molecule has 0 saturated heterocycles. The predicted octanol–water partition coefficient (Wildman–Crippen LogP) is 1.43. The number of aliphatic carboxylic acids is 1. The van der Waals surface area contributed by atoms with E-state index in [4.69, 9.17) is 5.11 Å². The quantitative estimate of drug-likeness (QED) is 0.737. The summed E-state index contributed by atoms with van der Waals surface area (Å²) in [5.74, 6) is -1.74. The molecule has 0 aromatic carbocycles. The highest BCUT2D eigenvalue weighted by atomic mass is 32.2. The molecule has 1 atom stereocenters. The largest absolute Gasteiger partial charge is 0.481 e. The zero-order valence-corrected chi connectivity index (χ0v) is 12.1. The van der Waals surface area contributed by atoms with E-state index in [1.165, 1.54) is 18.5 Å². The van der Waals surface area contributed by atoms with Crippen LogP contribution in [0.3, 0.4) is 0 Å². The summed E-state index contributed by atoms with van der Waals surface area (Å²) < 4.78 is 26.1. The van der Waals surface area contributed by atoms with Crippen molar-refractivity contribution in [3.05, 3.63) is 18.5 Å². The molecule has 0 fully saturated rings. The van der Waals surface area contributed by atoms with Crippen LogP contribution in [0.15, 0.2) is 23.4 Å². The number of aromatic nitrogens is 1. The Morgan fingerprint density at radius 1 is 1.47 bits per heavy atom. The third-order valence-corrected chi connectivity index (χ3v) is 4.03. The number of sulfonamides is 1. The minimum Gasteiger partial charge on any atom is -0.481 e. The lowest BCUT2D eigenvalue weighted by Crippen LogP contribution is -2.34. The molecule has 19 heavy (non-hydrogen) atoms. The minimum absolute atomic E-state index is 0.104. The van der Waals surface area contributed by atoms with Crippen LogP contribution < -0.4 is 4.72 Å². The van der Waals surface area contributed by atoms with Gasteiger partial charge >= 0.3 is 5.97 Å². The third-order valence-electron chi connectivity index (χ3n) is 2.61. The number of hydrogen-bond acceptors (Lipinski definition) is 3. The highest BCUT2D eigenvalue weighted by Crippen LogP contribution is 2.24. The Balaban J connectivity index is 2.70. The van der Waals surface area contributed by atoms with Gasteiger partial charge in [-0.1, -0.05) is 20.8 Å². The maximum atomic E-state index is 11.9. The third kappa shape index (κ3) is 5.04. The fourth-order valence-corrected chi connectivity index (χ4v) is 2.81. The van der Waals surface area contributed by atoms with E-state index in [9.17, 15) is 13.2 Å². The second-order valence-corrected chi connectivity index (χ2v) is 7.47. The van der Waals surface area contributed by atoms with Crippen LogP contribution >= 0.6 is 0 Å². The van der Waals surface area contributed by atoms with Gasteiger partial charge in [-0.25, -0.2) is 13.1 Å². The maximum absolute atomic E-state index is 11.9. The SMILES string of the molecule is CC(C)(C)CC(CNS(=O)(=O)c1cc[nH]c1)C(=O)O. The molecule has 0 radical (unpaired) electrons. The van der Waals surface area contributed by atoms with E-state index in [-0.39, 0.29) is 16.9 Å². The molecule has 0 aliphatic rings. The molecular formula is C12H20N2O4S. The molecule has 1 aromatic heterocycles. The van der Waals surface area contributed by atoms with E-state index >= 15 is 0 Å². The summed E-state index contributed by atoms with van der Waals surface area (Å²) in [5.41, 5.74) is -0.178. The first-order chi connectivity index (χ1) is 8.62. The number of aromatic amines is 1. The standard InChI is InChI=1S/C12H20N2O4S/c1-12(2,3)6-9(11(15)16)7-14-19(17,18)10-4-5-13-8-10/h4-5,8-9,13-14H,6-7H2,1-3H3,(H,15,16). The van der Waals surface area contributed by atoms with Crippen LogP contribution in [-0.4, -0.2) is 31.0 Å². The Hall–Kier alpha value is -1.34. The first-order valence-corrected chi connectivity index (χ1v) is 7.45. The number of hydrogen-bond donors (Lipinski definition) is 3. The summed E-state index contributed by atoms with van der Waals surface area (Å²) in [6, 6.07) is 1.42. The number of nitrogens with one attached hydrogen (secondary N) is 2. The predicted molar refractivity (Wildman–Crippen MR) is 71.2 cm³/mol. The van der Waals surface area contributed by atoms with Gasteiger partial charge in [-0.15, -0.1) is 0 Å². The van der Waals surface area contributed by atoms with Crippen LogP contribution in [0.1, 0.15) is 27.2 Å². The Morgan fingerprint density at radius 3 is 2.53 bits per heavy atom. The highest BCUT2D eigenvalue weighted by Gasteiger charge is 2.26. The van der Waals surface area contributed by atoms with Gasteiger partial charge in [-0.05, 0) is 17.9 Å². The molecule has 0 saturated carbocycles. The molecule has 7 heteroatoms. The molecular weight excluding hydrogens is 268 g/mol. The van der Waals surface area contributed by atoms with Gasteiger partial charge in [0.15, 0.2) is 0 Å². The van der Waals surface area contributed by atoms with Crippen molar-refractivity contribution in [1.29, 1.82) is 0 Å². The number of carboxylic acids is 1. The van der Waals surface area contributed by atoms with Crippen molar-refractivity contribution in [2.75, 3.05) is 6.54 Å². The zero-order valence-electron chi connectivity index (χ0n) is 11.3. The molecule has 1 aromatic rings. The van der Waals surface area contributed by atoms with Crippen molar-refractivity contribution in [2.24, 2.45) is 11.3 Å². The van der Waals surface area contributed by atoms with Crippen molar-refractivity contribution >= 4 is 16.0 Å². The molecule has 0 spiro atoms. The van der Waals surface area contributed by atoms with Crippen LogP contribution in [-0.2, 0) is 14.8 Å². The fraction of sp³-hybridized carbons (Fsp3) is 0.583. The molecule has 0 aliphatic heterocycles. The molecule has 3 N–H and O–H groups in total. The Labute approximate surface area is 113 Å². The molecule has 0 aliphatic carbocycles. The van der Waals surface area contributed by atoms with E-state index in [0.29, 0.717) is 6.42 Å². The van der Waals surface area contributed by atoms with Gasteiger partial charge in [0.25, 0.3) is 0 Å². The highest BCUT2D eigenvalue weighted by molar-refractivity contribution is 7.89. The molecule has 6 nitrogen and oxygen atoms in total. The molecule has 1 unspecified atom stereocenters. The van der Waals surface area contributed by atoms with Gasteiger partial charge in [-0.3, -0.25) is 4.79 Å². The van der Waals surface area contributed by atoms with Crippen molar-refractivity contribution < 1.29 is 18.3 Å². The first kappa shape index (κ1) is 15.7. The average Bonchev–Trinajstić information content (AvgIpc) is 2.76. The van der Waals surface area contributed by atoms with Crippen molar-refractivity contribution in [3.8, 4) is 0 Å². The topological polar surface area (TPSA) is 99.3 Å². The number of carbonyl (C=O) groups is 1. The van der Waals surface area contributed by atoms with Gasteiger partial charge in [0, 0.05) is 18.9 Å². The summed E-state index contributed by atoms with van der Waals surface area (Å²) in [5, 5.41) is 9.12. The summed E-state index contributed by atoms with van der Waals surface area (Å²) in [4.78, 5) is 13.9. The summed E-state index contributed by atoms with van der Waals surface area (Å²) >= 11 is 0. The number of carboxylic acid groups (broad SMARTS) is 1. The van der Waals surface area contributed by atoms with Crippen molar-refractivity contribution in [2.45, 2.75) is 32.1 Å². The van der Waals surface area contributed by atoms with E-state index in [1.807, 2.05) is 20.8 Å². The van der Waals surface area contributed by atoms with Crippen LogP contribution in [0.5, 0.6) is 0 Å². The Morgan fingerprint density at radius 2 is 2.11 bits per heavy atom. The van der Waals surface area contributed by atoms with Gasteiger partial charge in [0.05, 0.1) is 10.8 Å². The van der Waals surface area contributed by atoms with Crippen LogP contribution in [0.4, 0.5) is 0 Å². The minimum atomic E-state index is -3.65. The second-order valence-electron chi connectivity index (χ2n) is 5.70.